The predicted octanol–water partition coefficient (Wildman–Crippen LogP) is 3.99. The molecule has 2 amide bonds. The van der Waals surface area contributed by atoms with Gasteiger partial charge in [0.1, 0.15) is 6.04 Å². The van der Waals surface area contributed by atoms with Crippen molar-refractivity contribution in [1.82, 2.24) is 15.4 Å². The third kappa shape index (κ3) is 6.18. The number of aliphatic hydroxyl groups excluding tert-OH is 1. The Kier molecular flexibility index (Phi) is 9.88. The van der Waals surface area contributed by atoms with E-state index in [-0.39, 0.29) is 24.4 Å². The maximum Gasteiger partial charge on any atom is 0.277 e. The Morgan fingerprint density at radius 3 is 2.50 bits per heavy atom. The van der Waals surface area contributed by atoms with Crippen LogP contribution in [0.4, 0.5) is 5.69 Å². The molecule has 2 aromatic carbocycles. The van der Waals surface area contributed by atoms with Crippen molar-refractivity contribution in [2.24, 2.45) is 34.8 Å². The van der Waals surface area contributed by atoms with Crippen LogP contribution in [0.2, 0.25) is 0 Å². The number of hydrogen-bond donors (Lipinski definition) is 3. The number of fused-ring (bicyclic) bond motifs is 2. The number of benzene rings is 2. The Morgan fingerprint density at radius 2 is 1.91 bits per heavy atom. The molecule has 1 heterocycles. The highest BCUT2D eigenvalue weighted by Gasteiger charge is 2.57. The smallest absolute Gasteiger partial charge is 0.277 e. The number of hydrogen-bond acceptors (Lipinski definition) is 8. The zero-order valence-electron chi connectivity index (χ0n) is 28.9. The van der Waals surface area contributed by atoms with Crippen molar-refractivity contribution in [3.8, 4) is 11.1 Å². The van der Waals surface area contributed by atoms with Crippen molar-refractivity contribution >= 4 is 17.5 Å². The molecule has 0 unspecified atom stereocenters. The normalized spacial score (nSPS) is 29.2. The summed E-state index contributed by atoms with van der Waals surface area (Å²) >= 11 is 0. The summed E-state index contributed by atoms with van der Waals surface area (Å²) < 4.78 is 0. The number of nitrogens with two attached hydrogens (primary N) is 1. The van der Waals surface area contributed by atoms with Gasteiger partial charge in [-0.1, -0.05) is 39.0 Å². The minimum absolute atomic E-state index is 0.0980. The van der Waals surface area contributed by atoms with Gasteiger partial charge in [-0.05, 0) is 90.3 Å². The van der Waals surface area contributed by atoms with Gasteiger partial charge in [0.05, 0.1) is 25.9 Å². The van der Waals surface area contributed by atoms with Crippen LogP contribution in [0.5, 0.6) is 0 Å². The summed E-state index contributed by atoms with van der Waals surface area (Å²) in [7, 11) is 6.94. The fourth-order valence-corrected chi connectivity index (χ4v) is 8.28. The maximum absolute atomic E-state index is 14.1. The summed E-state index contributed by atoms with van der Waals surface area (Å²) in [6.45, 7) is 11.3. The second-order valence-corrected chi connectivity index (χ2v) is 14.5. The lowest BCUT2D eigenvalue weighted by atomic mass is 9.45. The van der Waals surface area contributed by atoms with Crippen LogP contribution in [0, 0.1) is 36.0 Å². The lowest BCUT2D eigenvalue weighted by molar-refractivity contribution is -0.175. The number of carbonyl (C=O) groups is 2. The third-order valence-electron chi connectivity index (χ3n) is 11.4. The van der Waals surface area contributed by atoms with Gasteiger partial charge in [0.25, 0.3) is 5.91 Å². The Morgan fingerprint density at radius 1 is 1.20 bits per heavy atom. The molecule has 46 heavy (non-hydrogen) atoms. The van der Waals surface area contributed by atoms with Crippen molar-refractivity contribution < 1.29 is 24.4 Å². The molecule has 4 N–H and O–H groups in total. The van der Waals surface area contributed by atoms with E-state index in [1.807, 2.05) is 56.3 Å². The Bertz CT molecular complexity index is 1440. The van der Waals surface area contributed by atoms with Gasteiger partial charge in [-0.15, -0.1) is 0 Å². The quantitative estimate of drug-likeness (QED) is 0.336. The molecule has 3 aliphatic carbocycles. The van der Waals surface area contributed by atoms with Gasteiger partial charge in [-0.25, -0.2) is 5.06 Å². The van der Waals surface area contributed by atoms with Gasteiger partial charge in [-0.3, -0.25) is 19.3 Å². The van der Waals surface area contributed by atoms with Gasteiger partial charge in [-0.2, -0.15) is 5.06 Å². The average molecular weight is 636 g/mol. The first-order chi connectivity index (χ1) is 21.7. The number of rotatable bonds is 10. The van der Waals surface area contributed by atoms with E-state index in [9.17, 15) is 14.7 Å². The SMILES string of the molecule is CON(C)C(=O)c1cc(-c2cccc(CN3O[C@@H](CN)[C@@H]([C@H](C)O)[C@H]3C(=O)N[C@H]3C[C@H]4C[C@@H]([C@@H]3C)C4(C)C)c2C)cc(N(C)C)c1. The molecule has 2 bridgehead atoms. The largest absolute Gasteiger partial charge is 0.393 e. The van der Waals surface area contributed by atoms with E-state index in [4.69, 9.17) is 15.4 Å². The molecule has 0 radical (unpaired) electrons. The predicted molar refractivity (Wildman–Crippen MR) is 180 cm³/mol. The Hall–Kier alpha value is -3.02. The molecule has 4 aliphatic rings. The summed E-state index contributed by atoms with van der Waals surface area (Å²) in [5.74, 6) is 0.760. The summed E-state index contributed by atoms with van der Waals surface area (Å²) in [5.41, 5.74) is 11.7. The number of hydroxylamine groups is 4. The lowest BCUT2D eigenvalue weighted by Crippen LogP contribution is -2.62. The van der Waals surface area contributed by atoms with Crippen molar-refractivity contribution in [2.45, 2.75) is 78.3 Å². The van der Waals surface area contributed by atoms with Gasteiger partial charge < -0.3 is 21.1 Å². The molecular weight excluding hydrogens is 582 g/mol. The molecular formula is C36H53N5O5. The monoisotopic (exact) mass is 635 g/mol. The fraction of sp³-hybridized carbons (Fsp3) is 0.611. The maximum atomic E-state index is 14.1. The van der Waals surface area contributed by atoms with E-state index in [0.717, 1.165) is 34.4 Å². The number of aliphatic hydroxyl groups is 1. The minimum Gasteiger partial charge on any atom is -0.393 e. The summed E-state index contributed by atoms with van der Waals surface area (Å²) in [5, 5.41) is 17.2. The van der Waals surface area contributed by atoms with E-state index in [1.165, 1.54) is 18.6 Å². The molecule has 0 aromatic heterocycles. The van der Waals surface area contributed by atoms with Crippen LogP contribution in [-0.4, -0.2) is 86.1 Å². The van der Waals surface area contributed by atoms with Crippen LogP contribution in [0.3, 0.4) is 0 Å². The molecule has 10 nitrogen and oxygen atoms in total. The molecule has 6 rings (SSSR count). The summed E-state index contributed by atoms with van der Waals surface area (Å²) in [4.78, 5) is 40.7. The zero-order chi connectivity index (χ0) is 33.7. The van der Waals surface area contributed by atoms with Gasteiger partial charge in [0.2, 0.25) is 5.91 Å². The van der Waals surface area contributed by atoms with Crippen LogP contribution in [-0.2, 0) is 21.0 Å². The van der Waals surface area contributed by atoms with Gasteiger partial charge >= 0.3 is 0 Å². The molecule has 2 aromatic rings. The Balaban J connectivity index is 1.44. The first-order valence-corrected chi connectivity index (χ1v) is 16.5. The second-order valence-electron chi connectivity index (χ2n) is 14.5. The second kappa shape index (κ2) is 13.2. The topological polar surface area (TPSA) is 121 Å². The van der Waals surface area contributed by atoms with Crippen LogP contribution in [0.1, 0.15) is 62.0 Å². The molecule has 10 heteroatoms. The highest BCUT2D eigenvalue weighted by Crippen LogP contribution is 2.61. The molecule has 1 aliphatic heterocycles. The van der Waals surface area contributed by atoms with Crippen molar-refractivity contribution in [2.75, 3.05) is 39.7 Å². The first-order valence-electron chi connectivity index (χ1n) is 16.5. The van der Waals surface area contributed by atoms with Gasteiger partial charge in [0, 0.05) is 50.9 Å². The van der Waals surface area contributed by atoms with Crippen molar-refractivity contribution in [3.05, 3.63) is 53.1 Å². The van der Waals surface area contributed by atoms with Crippen LogP contribution < -0.4 is 16.0 Å². The van der Waals surface area contributed by atoms with Gasteiger partial charge in [0.15, 0.2) is 0 Å². The number of nitrogens with zero attached hydrogens (tertiary/aromatic N) is 3. The highest BCUT2D eigenvalue weighted by atomic mass is 16.7. The number of anilines is 1. The molecule has 3 saturated carbocycles. The molecule has 1 saturated heterocycles. The van der Waals surface area contributed by atoms with E-state index in [0.29, 0.717) is 35.3 Å². The fourth-order valence-electron chi connectivity index (χ4n) is 8.28. The number of nitrogens with one attached hydrogen (secondary N) is 1. The molecule has 0 spiro atoms. The van der Waals surface area contributed by atoms with Crippen LogP contribution >= 0.6 is 0 Å². The zero-order valence-corrected chi connectivity index (χ0v) is 28.9. The highest BCUT2D eigenvalue weighted by molar-refractivity contribution is 5.96. The molecule has 252 valence electrons. The first kappa shape index (κ1) is 34.3. The van der Waals surface area contributed by atoms with Crippen molar-refractivity contribution in [3.63, 3.8) is 0 Å². The van der Waals surface area contributed by atoms with E-state index < -0.39 is 24.2 Å². The standard InChI is InChI=1S/C36H53N5O5/c1-20-23(11-10-12-28(20)24-13-25(35(44)40(8)45-9)15-27(14-24)39(6)7)19-41-33(32(22(3)42)31(18-37)46-41)34(43)38-30-17-26-16-29(21(30)2)36(26,4)5/h10-15,21-22,26,29-33,42H,16-19,37H2,1-9H3,(H,38,43)/t21-,22-,26+,29-,30-,31-,32+,33-/m0/s1. The third-order valence-corrected chi connectivity index (χ3v) is 11.4. The molecule has 4 fully saturated rings. The van der Waals surface area contributed by atoms with Crippen molar-refractivity contribution in [1.29, 1.82) is 0 Å². The molecule has 8 atom stereocenters. The Labute approximate surface area is 274 Å². The van der Waals surface area contributed by atoms with Crippen LogP contribution in [0.25, 0.3) is 11.1 Å². The van der Waals surface area contributed by atoms with Crippen LogP contribution in [0.15, 0.2) is 36.4 Å². The van der Waals surface area contributed by atoms with E-state index in [2.05, 4.69) is 32.2 Å². The van der Waals surface area contributed by atoms with E-state index in [1.54, 1.807) is 19.0 Å². The summed E-state index contributed by atoms with van der Waals surface area (Å²) in [6.07, 6.45) is 0.934. The average Bonchev–Trinajstić information content (AvgIpc) is 3.40. The number of amides is 2. The van der Waals surface area contributed by atoms with E-state index >= 15 is 0 Å². The lowest BCUT2D eigenvalue weighted by Gasteiger charge is -2.62. The minimum atomic E-state index is -0.784. The number of carbonyl (C=O) groups excluding carboxylic acids is 2. The summed E-state index contributed by atoms with van der Waals surface area (Å²) in [6, 6.07) is 11.2.